The van der Waals surface area contributed by atoms with Gasteiger partial charge in [-0.1, -0.05) is 5.16 Å². The Morgan fingerprint density at radius 3 is 2.82 bits per heavy atom. The molecule has 1 fully saturated rings. The summed E-state index contributed by atoms with van der Waals surface area (Å²) >= 11 is 4.39. The van der Waals surface area contributed by atoms with Crippen molar-refractivity contribution in [2.75, 3.05) is 17.3 Å². The van der Waals surface area contributed by atoms with E-state index in [1.807, 2.05) is 0 Å². The fourth-order valence-electron chi connectivity index (χ4n) is 2.55. The Bertz CT molecular complexity index is 994. The molecule has 0 aliphatic heterocycles. The lowest BCUT2D eigenvalue weighted by Gasteiger charge is -2.14. The Kier molecular flexibility index (Phi) is 6.27. The largest absolute Gasteiger partial charge is 0.409 e. The second kappa shape index (κ2) is 8.35. The molecule has 13 heteroatoms. The van der Waals surface area contributed by atoms with Crippen molar-refractivity contribution in [1.82, 2.24) is 15.0 Å². The van der Waals surface area contributed by atoms with Crippen LogP contribution in [0.15, 0.2) is 37.5 Å². The number of nitrogens with zero attached hydrogens (tertiary/aromatic N) is 3. The van der Waals surface area contributed by atoms with E-state index in [0.29, 0.717) is 22.9 Å². The van der Waals surface area contributed by atoms with Crippen LogP contribution in [0.3, 0.4) is 0 Å². The second-order valence-electron chi connectivity index (χ2n) is 6.37. The SMILES string of the molecule is CS(=O)(=O)NC1(CCSc2nonc2C(=NO)Nc2ccc(F)c(Br)c2)CC1. The van der Waals surface area contributed by atoms with E-state index in [0.717, 1.165) is 19.1 Å². The minimum atomic E-state index is -3.27. The number of rotatable bonds is 8. The maximum Gasteiger partial charge on any atom is 0.209 e. The van der Waals surface area contributed by atoms with Crippen molar-refractivity contribution >= 4 is 49.2 Å². The number of sulfonamides is 1. The Labute approximate surface area is 173 Å². The Balaban J connectivity index is 1.64. The van der Waals surface area contributed by atoms with Crippen molar-refractivity contribution in [2.45, 2.75) is 29.8 Å². The van der Waals surface area contributed by atoms with Crippen LogP contribution in [0.2, 0.25) is 0 Å². The van der Waals surface area contributed by atoms with Crippen LogP contribution in [0.1, 0.15) is 25.0 Å². The minimum Gasteiger partial charge on any atom is -0.409 e. The van der Waals surface area contributed by atoms with Crippen LogP contribution >= 0.6 is 27.7 Å². The molecule has 0 radical (unpaired) electrons. The molecule has 1 aromatic carbocycles. The highest BCUT2D eigenvalue weighted by molar-refractivity contribution is 9.10. The highest BCUT2D eigenvalue weighted by Gasteiger charge is 2.44. The quantitative estimate of drug-likeness (QED) is 0.168. The van der Waals surface area contributed by atoms with Crippen LogP contribution in [0.25, 0.3) is 0 Å². The van der Waals surface area contributed by atoms with E-state index < -0.39 is 21.4 Å². The molecule has 152 valence electrons. The number of amidine groups is 1. The third-order valence-electron chi connectivity index (χ3n) is 4.04. The summed E-state index contributed by atoms with van der Waals surface area (Å²) in [7, 11) is -3.27. The molecule has 0 spiro atoms. The number of benzene rings is 1. The highest BCUT2D eigenvalue weighted by atomic mass is 79.9. The minimum absolute atomic E-state index is 0.0161. The van der Waals surface area contributed by atoms with Gasteiger partial charge in [-0.3, -0.25) is 0 Å². The average molecular weight is 494 g/mol. The fraction of sp³-hybridized carbons (Fsp3) is 0.400. The lowest BCUT2D eigenvalue weighted by atomic mass is 10.2. The molecule has 0 bridgehead atoms. The molecule has 0 unspecified atom stereocenters. The first kappa shape index (κ1) is 21.0. The molecule has 2 aromatic rings. The molecule has 1 heterocycles. The zero-order chi connectivity index (χ0) is 20.4. The second-order valence-corrected chi connectivity index (χ2v) is 10.1. The highest BCUT2D eigenvalue weighted by Crippen LogP contribution is 2.40. The number of hydrogen-bond donors (Lipinski definition) is 3. The Hall–Kier alpha value is -1.70. The molecule has 3 rings (SSSR count). The topological polar surface area (TPSA) is 130 Å². The van der Waals surface area contributed by atoms with Gasteiger partial charge in [0, 0.05) is 17.0 Å². The van der Waals surface area contributed by atoms with Crippen molar-refractivity contribution in [2.24, 2.45) is 5.16 Å². The molecule has 1 saturated carbocycles. The van der Waals surface area contributed by atoms with Crippen LogP contribution in [0.5, 0.6) is 0 Å². The van der Waals surface area contributed by atoms with E-state index in [1.165, 1.54) is 30.0 Å². The van der Waals surface area contributed by atoms with Gasteiger partial charge in [0.15, 0.2) is 10.7 Å². The summed E-state index contributed by atoms with van der Waals surface area (Å²) in [5.41, 5.74) is 0.257. The first-order chi connectivity index (χ1) is 13.2. The van der Waals surface area contributed by atoms with Gasteiger partial charge in [0.05, 0.1) is 10.7 Å². The van der Waals surface area contributed by atoms with E-state index >= 15 is 0 Å². The standard InChI is InChI=1S/C15H17BrFN5O4S2/c1-28(24,25)22-15(4-5-15)6-7-27-14-12(20-26-21-14)13(19-23)18-9-2-3-11(17)10(16)8-9/h2-3,8,22-23H,4-7H2,1H3,(H,18,19). The summed E-state index contributed by atoms with van der Waals surface area (Å²) in [6, 6.07) is 4.20. The molecule has 0 amide bonds. The lowest BCUT2D eigenvalue weighted by Crippen LogP contribution is -2.36. The normalized spacial score (nSPS) is 16.2. The summed E-state index contributed by atoms with van der Waals surface area (Å²) in [4.78, 5) is 0. The zero-order valence-electron chi connectivity index (χ0n) is 14.6. The van der Waals surface area contributed by atoms with Gasteiger partial charge >= 0.3 is 0 Å². The molecule has 0 atom stereocenters. The summed E-state index contributed by atoms with van der Waals surface area (Å²) in [6.45, 7) is 0. The summed E-state index contributed by atoms with van der Waals surface area (Å²) in [5.74, 6) is 0.117. The maximum absolute atomic E-state index is 13.4. The predicted octanol–water partition coefficient (Wildman–Crippen LogP) is 2.78. The number of aromatic nitrogens is 2. The Morgan fingerprint density at radius 1 is 1.46 bits per heavy atom. The van der Waals surface area contributed by atoms with Crippen LogP contribution in [-0.2, 0) is 10.0 Å². The summed E-state index contributed by atoms with van der Waals surface area (Å²) in [5, 5.41) is 23.3. The number of halogens is 2. The van der Waals surface area contributed by atoms with Crippen molar-refractivity contribution in [3.05, 3.63) is 34.2 Å². The zero-order valence-corrected chi connectivity index (χ0v) is 17.9. The average Bonchev–Trinajstić information content (AvgIpc) is 3.19. The van der Waals surface area contributed by atoms with Crippen LogP contribution < -0.4 is 10.0 Å². The lowest BCUT2D eigenvalue weighted by molar-refractivity contribution is 0.297. The molecule has 9 nitrogen and oxygen atoms in total. The maximum atomic E-state index is 13.4. The Morgan fingerprint density at radius 2 is 2.21 bits per heavy atom. The molecule has 0 saturated heterocycles. The predicted molar refractivity (Wildman–Crippen MR) is 106 cm³/mol. The van der Waals surface area contributed by atoms with Crippen molar-refractivity contribution < 1.29 is 22.6 Å². The number of anilines is 1. The monoisotopic (exact) mass is 493 g/mol. The molecular formula is C15H17BrFN5O4S2. The van der Waals surface area contributed by atoms with Crippen LogP contribution in [-0.4, -0.2) is 47.3 Å². The van der Waals surface area contributed by atoms with E-state index in [-0.39, 0.29) is 16.0 Å². The van der Waals surface area contributed by atoms with Gasteiger partial charge in [0.1, 0.15) is 5.82 Å². The summed E-state index contributed by atoms with van der Waals surface area (Å²) < 4.78 is 43.9. The van der Waals surface area contributed by atoms with E-state index in [2.05, 4.69) is 41.4 Å². The summed E-state index contributed by atoms with van der Waals surface area (Å²) in [6.07, 6.45) is 3.33. The number of oxime groups is 1. The van der Waals surface area contributed by atoms with Crippen molar-refractivity contribution in [3.8, 4) is 0 Å². The van der Waals surface area contributed by atoms with E-state index in [1.54, 1.807) is 0 Å². The van der Waals surface area contributed by atoms with Gasteiger partial charge in [-0.25, -0.2) is 22.2 Å². The number of hydrogen-bond acceptors (Lipinski definition) is 8. The third-order valence-corrected chi connectivity index (χ3v) is 6.40. The molecule has 28 heavy (non-hydrogen) atoms. The van der Waals surface area contributed by atoms with E-state index in [4.69, 9.17) is 4.63 Å². The first-order valence-electron chi connectivity index (χ1n) is 8.10. The fourth-order valence-corrected chi connectivity index (χ4v) is 5.07. The number of nitrogens with one attached hydrogen (secondary N) is 2. The number of thioether (sulfide) groups is 1. The smallest absolute Gasteiger partial charge is 0.209 e. The van der Waals surface area contributed by atoms with Crippen LogP contribution in [0, 0.1) is 5.82 Å². The van der Waals surface area contributed by atoms with Crippen molar-refractivity contribution in [3.63, 3.8) is 0 Å². The molecule has 1 aromatic heterocycles. The van der Waals surface area contributed by atoms with Gasteiger partial charge in [0.25, 0.3) is 0 Å². The van der Waals surface area contributed by atoms with Gasteiger partial charge in [-0.2, -0.15) is 0 Å². The van der Waals surface area contributed by atoms with Gasteiger partial charge < -0.3 is 10.5 Å². The van der Waals surface area contributed by atoms with Gasteiger partial charge in [0.2, 0.25) is 15.9 Å². The molecular weight excluding hydrogens is 477 g/mol. The first-order valence-corrected chi connectivity index (χ1v) is 11.8. The molecule has 3 N–H and O–H groups in total. The van der Waals surface area contributed by atoms with Gasteiger partial charge in [-0.15, -0.1) is 11.8 Å². The third kappa shape index (κ3) is 5.43. The molecule has 1 aliphatic rings. The van der Waals surface area contributed by atoms with Gasteiger partial charge in [-0.05, 0) is 63.7 Å². The van der Waals surface area contributed by atoms with E-state index in [9.17, 15) is 18.0 Å². The van der Waals surface area contributed by atoms with Crippen molar-refractivity contribution in [1.29, 1.82) is 0 Å². The molecule has 1 aliphatic carbocycles. The van der Waals surface area contributed by atoms with Crippen LogP contribution in [0.4, 0.5) is 10.1 Å².